The fourth-order valence-electron chi connectivity index (χ4n) is 9.49. The maximum Gasteiger partial charge on any atom is 0.257 e. The van der Waals surface area contributed by atoms with E-state index in [4.69, 9.17) is 0 Å². The van der Waals surface area contributed by atoms with Crippen molar-refractivity contribution < 1.29 is 0 Å². The van der Waals surface area contributed by atoms with Crippen LogP contribution in [0.5, 0.6) is 0 Å². The quantitative estimate of drug-likeness (QED) is 0.175. The van der Waals surface area contributed by atoms with Crippen LogP contribution in [0.4, 0.5) is 51.2 Å². The van der Waals surface area contributed by atoms with Crippen molar-refractivity contribution in [2.24, 2.45) is 0 Å². The predicted molar refractivity (Wildman–Crippen MR) is 221 cm³/mol. The van der Waals surface area contributed by atoms with Crippen molar-refractivity contribution in [3.05, 3.63) is 182 Å². The van der Waals surface area contributed by atoms with Crippen LogP contribution in [0.25, 0.3) is 32.3 Å². The first-order valence-electron chi connectivity index (χ1n) is 18.1. The highest BCUT2D eigenvalue weighted by Gasteiger charge is 2.49. The lowest BCUT2D eigenvalue weighted by Crippen LogP contribution is -2.64. The van der Waals surface area contributed by atoms with Crippen molar-refractivity contribution in [1.82, 2.24) is 0 Å². The van der Waals surface area contributed by atoms with Gasteiger partial charge in [-0.15, -0.1) is 0 Å². The molecule has 9 aromatic carbocycles. The SMILES string of the molecule is c1cc2c3c(c1)N(c1cccc4ccccc14)c1cccc4c1B3c1c(cccc1N4c1cccc3ccccc13)N2c1cccc2ccccc12. The van der Waals surface area contributed by atoms with E-state index in [1.165, 1.54) is 99.9 Å². The molecule has 0 bridgehead atoms. The average Bonchev–Trinajstić information content (AvgIpc) is 3.21. The standard InChI is InChI=1S/C48H30BN3/c1-4-19-34-31(13-1)16-7-22-37(34)50-40-25-10-27-42-46(40)49-47-41(50)26-11-28-43(47)52(39-24-9-18-33-15-3-6-21-36(33)39)45-30-12-29-44(48(45)49)51(42)38-23-8-17-32-14-2-5-20-35(32)38/h1-30H. The Bertz CT molecular complexity index is 2560. The van der Waals surface area contributed by atoms with Crippen molar-refractivity contribution in [1.29, 1.82) is 0 Å². The third-order valence-corrected chi connectivity index (χ3v) is 11.5. The van der Waals surface area contributed by atoms with Gasteiger partial charge < -0.3 is 14.7 Å². The van der Waals surface area contributed by atoms with Crippen LogP contribution in [0, 0.1) is 0 Å². The largest absolute Gasteiger partial charge is 0.311 e. The van der Waals surface area contributed by atoms with Gasteiger partial charge in [-0.3, -0.25) is 0 Å². The van der Waals surface area contributed by atoms with E-state index < -0.39 is 0 Å². The van der Waals surface area contributed by atoms with Gasteiger partial charge in [-0.2, -0.15) is 0 Å². The number of hydrogen-bond acceptors (Lipinski definition) is 3. The number of hydrogen-bond donors (Lipinski definition) is 0. The van der Waals surface area contributed by atoms with Crippen LogP contribution in [0.2, 0.25) is 0 Å². The molecule has 9 aromatic rings. The molecule has 0 unspecified atom stereocenters. The van der Waals surface area contributed by atoms with E-state index >= 15 is 0 Å². The molecular weight excluding hydrogens is 629 g/mol. The minimum Gasteiger partial charge on any atom is -0.311 e. The topological polar surface area (TPSA) is 9.72 Å². The van der Waals surface area contributed by atoms with E-state index in [0.29, 0.717) is 0 Å². The van der Waals surface area contributed by atoms with E-state index in [-0.39, 0.29) is 6.71 Å². The van der Waals surface area contributed by atoms with Crippen molar-refractivity contribution in [3.8, 4) is 0 Å². The van der Waals surface area contributed by atoms with Crippen LogP contribution in [0.3, 0.4) is 0 Å². The number of rotatable bonds is 3. The van der Waals surface area contributed by atoms with Gasteiger partial charge in [0.15, 0.2) is 0 Å². The van der Waals surface area contributed by atoms with Crippen LogP contribution in [-0.4, -0.2) is 6.71 Å². The van der Waals surface area contributed by atoms with Crippen LogP contribution < -0.4 is 31.1 Å². The van der Waals surface area contributed by atoms with Crippen molar-refractivity contribution >= 4 is 107 Å². The Kier molecular flexibility index (Phi) is 5.58. The molecule has 3 aliphatic rings. The van der Waals surface area contributed by atoms with Gasteiger partial charge >= 0.3 is 0 Å². The van der Waals surface area contributed by atoms with E-state index in [1.807, 2.05) is 0 Å². The summed E-state index contributed by atoms with van der Waals surface area (Å²) in [5.41, 5.74) is 15.0. The summed E-state index contributed by atoms with van der Waals surface area (Å²) in [5, 5.41) is 7.42. The van der Waals surface area contributed by atoms with Gasteiger partial charge in [0.1, 0.15) is 0 Å². The molecule has 0 fully saturated rings. The number of nitrogens with zero attached hydrogens (tertiary/aromatic N) is 3. The second kappa shape index (κ2) is 10.4. The van der Waals surface area contributed by atoms with Gasteiger partial charge in [0, 0.05) is 50.3 Å². The zero-order valence-corrected chi connectivity index (χ0v) is 28.2. The van der Waals surface area contributed by atoms with Gasteiger partial charge in [-0.25, -0.2) is 0 Å². The van der Waals surface area contributed by atoms with Gasteiger partial charge in [-0.1, -0.05) is 127 Å². The highest BCUT2D eigenvalue weighted by molar-refractivity contribution is 7.02. The first-order chi connectivity index (χ1) is 25.8. The molecule has 0 N–H and O–H groups in total. The molecule has 0 saturated heterocycles. The summed E-state index contributed by atoms with van der Waals surface area (Å²) in [6.07, 6.45) is 0. The molecule has 240 valence electrons. The Balaban J connectivity index is 1.25. The lowest BCUT2D eigenvalue weighted by molar-refractivity contribution is 1.23. The smallest absolute Gasteiger partial charge is 0.257 e. The molecule has 0 amide bonds. The molecule has 0 aliphatic carbocycles. The number of benzene rings is 9. The summed E-state index contributed by atoms with van der Waals surface area (Å²) < 4.78 is 0. The van der Waals surface area contributed by atoms with Gasteiger partial charge in [0.2, 0.25) is 0 Å². The van der Waals surface area contributed by atoms with Crippen LogP contribution in [0.15, 0.2) is 182 Å². The first kappa shape index (κ1) is 28.0. The first-order valence-corrected chi connectivity index (χ1v) is 18.1. The highest BCUT2D eigenvalue weighted by atomic mass is 15.2. The Hall–Kier alpha value is -6.78. The molecule has 0 saturated carbocycles. The predicted octanol–water partition coefficient (Wildman–Crippen LogP) is 11.0. The maximum atomic E-state index is 2.54. The summed E-state index contributed by atoms with van der Waals surface area (Å²) in [6.45, 7) is 0.0623. The fraction of sp³-hybridized carbons (Fsp3) is 0. The molecule has 0 atom stereocenters. The highest BCUT2D eigenvalue weighted by Crippen LogP contribution is 2.51. The fourth-order valence-corrected chi connectivity index (χ4v) is 9.49. The molecule has 0 aromatic heterocycles. The van der Waals surface area contributed by atoms with Crippen molar-refractivity contribution in [2.45, 2.75) is 0 Å². The summed E-state index contributed by atoms with van der Waals surface area (Å²) in [5.74, 6) is 0. The van der Waals surface area contributed by atoms with Crippen LogP contribution in [-0.2, 0) is 0 Å². The zero-order valence-electron chi connectivity index (χ0n) is 28.2. The van der Waals surface area contributed by atoms with Gasteiger partial charge in [0.25, 0.3) is 6.71 Å². The van der Waals surface area contributed by atoms with Crippen LogP contribution in [0.1, 0.15) is 0 Å². The molecular formula is C48H30BN3. The molecule has 52 heavy (non-hydrogen) atoms. The van der Waals surface area contributed by atoms with E-state index in [0.717, 1.165) is 0 Å². The molecule has 3 nitrogen and oxygen atoms in total. The lowest BCUT2D eigenvalue weighted by Gasteiger charge is -2.49. The second-order valence-electron chi connectivity index (χ2n) is 14.1. The molecule has 0 spiro atoms. The average molecular weight is 660 g/mol. The Labute approximate surface area is 302 Å². The summed E-state index contributed by atoms with van der Waals surface area (Å²) in [4.78, 5) is 7.62. The third kappa shape index (κ3) is 3.60. The molecule has 12 rings (SSSR count). The van der Waals surface area contributed by atoms with E-state index in [1.54, 1.807) is 0 Å². The summed E-state index contributed by atoms with van der Waals surface area (Å²) in [6, 6.07) is 67.2. The summed E-state index contributed by atoms with van der Waals surface area (Å²) in [7, 11) is 0. The minimum atomic E-state index is 0.0623. The molecule has 3 heterocycles. The molecule has 0 radical (unpaired) electrons. The van der Waals surface area contributed by atoms with Crippen molar-refractivity contribution in [2.75, 3.05) is 14.7 Å². The Morgan fingerprint density at radius 1 is 0.231 bits per heavy atom. The van der Waals surface area contributed by atoms with Crippen LogP contribution >= 0.6 is 0 Å². The number of anilines is 9. The zero-order chi connectivity index (χ0) is 33.9. The maximum absolute atomic E-state index is 2.54. The molecule has 3 aliphatic heterocycles. The van der Waals surface area contributed by atoms with Gasteiger partial charge in [-0.05, 0) is 87.1 Å². The third-order valence-electron chi connectivity index (χ3n) is 11.5. The second-order valence-corrected chi connectivity index (χ2v) is 14.1. The normalized spacial score (nSPS) is 13.6. The molecule has 4 heteroatoms. The Morgan fingerprint density at radius 2 is 0.462 bits per heavy atom. The lowest BCUT2D eigenvalue weighted by atomic mass is 9.32. The van der Waals surface area contributed by atoms with Gasteiger partial charge in [0.05, 0.1) is 17.1 Å². The van der Waals surface area contributed by atoms with Crippen molar-refractivity contribution in [3.63, 3.8) is 0 Å². The summed E-state index contributed by atoms with van der Waals surface area (Å²) >= 11 is 0. The number of fused-ring (bicyclic) bond motifs is 3. The van der Waals surface area contributed by atoms with E-state index in [2.05, 4.69) is 197 Å². The van der Waals surface area contributed by atoms with E-state index in [9.17, 15) is 0 Å². The monoisotopic (exact) mass is 659 g/mol. The minimum absolute atomic E-state index is 0.0623. The Morgan fingerprint density at radius 3 is 0.769 bits per heavy atom.